The molecule has 1 amide bonds. The van der Waals surface area contributed by atoms with Gasteiger partial charge in [0.05, 0.1) is 16.4 Å². The number of nitrogens with one attached hydrogen (secondary N) is 1. The molecule has 0 aliphatic heterocycles. The summed E-state index contributed by atoms with van der Waals surface area (Å²) in [5.41, 5.74) is 2.50. The SMILES string of the molecule is Cc1nn(CCCNC(=O)[C@H](c2ccc(F)cc2)N(C)C)c(C)c1Cl. The number of carbonyl (C=O) groups excluding carboxylic acids is 1. The maximum absolute atomic E-state index is 13.1. The monoisotopic (exact) mass is 366 g/mol. The number of nitrogens with zero attached hydrogens (tertiary/aromatic N) is 3. The highest BCUT2D eigenvalue weighted by atomic mass is 35.5. The topological polar surface area (TPSA) is 50.2 Å². The fourth-order valence-corrected chi connectivity index (χ4v) is 2.89. The average Bonchev–Trinajstić information content (AvgIpc) is 2.80. The molecule has 1 aromatic heterocycles. The predicted octanol–water partition coefficient (Wildman–Crippen LogP) is 3.10. The molecule has 0 spiro atoms. The molecule has 7 heteroatoms. The Labute approximate surface area is 152 Å². The minimum atomic E-state index is -0.455. The van der Waals surface area contributed by atoms with Crippen LogP contribution < -0.4 is 5.32 Å². The molecule has 1 atom stereocenters. The van der Waals surface area contributed by atoms with Gasteiger partial charge >= 0.3 is 0 Å². The number of hydrogen-bond acceptors (Lipinski definition) is 3. The molecular weight excluding hydrogens is 343 g/mol. The fourth-order valence-electron chi connectivity index (χ4n) is 2.76. The van der Waals surface area contributed by atoms with E-state index in [4.69, 9.17) is 11.6 Å². The number of carbonyl (C=O) groups is 1. The molecule has 0 bridgehead atoms. The lowest BCUT2D eigenvalue weighted by Crippen LogP contribution is -2.37. The Morgan fingerprint density at radius 1 is 1.32 bits per heavy atom. The van der Waals surface area contributed by atoms with Gasteiger partial charge in [-0.3, -0.25) is 14.4 Å². The van der Waals surface area contributed by atoms with Gasteiger partial charge in [0.2, 0.25) is 5.91 Å². The van der Waals surface area contributed by atoms with E-state index in [0.29, 0.717) is 18.1 Å². The van der Waals surface area contributed by atoms with Gasteiger partial charge in [-0.15, -0.1) is 0 Å². The molecule has 0 aliphatic carbocycles. The van der Waals surface area contributed by atoms with Gasteiger partial charge in [0.1, 0.15) is 11.9 Å². The molecule has 136 valence electrons. The molecule has 2 aromatic rings. The van der Waals surface area contributed by atoms with Crippen LogP contribution in [-0.4, -0.2) is 41.2 Å². The van der Waals surface area contributed by atoms with Crippen molar-refractivity contribution >= 4 is 17.5 Å². The molecule has 0 fully saturated rings. The standard InChI is InChI=1S/C18H24ClFN4O/c1-12-16(19)13(2)24(22-12)11-5-10-21-18(25)17(23(3)4)14-6-8-15(20)9-7-14/h6-9,17H,5,10-11H2,1-4H3,(H,21,25)/t17-/m0/s1. The quantitative estimate of drug-likeness (QED) is 0.766. The maximum Gasteiger partial charge on any atom is 0.241 e. The van der Waals surface area contributed by atoms with E-state index in [9.17, 15) is 9.18 Å². The van der Waals surface area contributed by atoms with Gasteiger partial charge in [0.15, 0.2) is 0 Å². The summed E-state index contributed by atoms with van der Waals surface area (Å²) in [7, 11) is 3.65. The predicted molar refractivity (Wildman–Crippen MR) is 97.2 cm³/mol. The van der Waals surface area contributed by atoms with Crippen molar-refractivity contribution in [3.63, 3.8) is 0 Å². The first-order valence-electron chi connectivity index (χ1n) is 8.20. The summed E-state index contributed by atoms with van der Waals surface area (Å²) in [5.74, 6) is -0.423. The van der Waals surface area contributed by atoms with Gasteiger partial charge in [0.25, 0.3) is 0 Å². The van der Waals surface area contributed by atoms with Gasteiger partial charge in [-0.05, 0) is 52.1 Å². The van der Waals surface area contributed by atoms with Crippen LogP contribution in [0.3, 0.4) is 0 Å². The van der Waals surface area contributed by atoms with Crippen LogP contribution in [0, 0.1) is 19.7 Å². The number of rotatable bonds is 7. The van der Waals surface area contributed by atoms with E-state index in [1.54, 1.807) is 12.1 Å². The van der Waals surface area contributed by atoms with E-state index >= 15 is 0 Å². The molecule has 1 heterocycles. The van der Waals surface area contributed by atoms with Crippen LogP contribution in [0.15, 0.2) is 24.3 Å². The Balaban J connectivity index is 1.91. The zero-order valence-electron chi connectivity index (χ0n) is 15.0. The van der Waals surface area contributed by atoms with Crippen molar-refractivity contribution in [1.82, 2.24) is 20.0 Å². The van der Waals surface area contributed by atoms with Crippen LogP contribution in [0.25, 0.3) is 0 Å². The van der Waals surface area contributed by atoms with Crippen LogP contribution in [0.1, 0.15) is 29.4 Å². The zero-order chi connectivity index (χ0) is 18.6. The highest BCUT2D eigenvalue weighted by Gasteiger charge is 2.22. The lowest BCUT2D eigenvalue weighted by molar-refractivity contribution is -0.125. The Morgan fingerprint density at radius 2 is 1.96 bits per heavy atom. The maximum atomic E-state index is 13.1. The van der Waals surface area contributed by atoms with E-state index in [2.05, 4.69) is 10.4 Å². The summed E-state index contributed by atoms with van der Waals surface area (Å²) < 4.78 is 14.9. The summed E-state index contributed by atoms with van der Waals surface area (Å²) >= 11 is 6.13. The van der Waals surface area contributed by atoms with Crippen LogP contribution in [0.5, 0.6) is 0 Å². The van der Waals surface area contributed by atoms with E-state index in [0.717, 1.165) is 23.4 Å². The second-order valence-electron chi connectivity index (χ2n) is 6.27. The number of likely N-dealkylation sites (N-methyl/N-ethyl adjacent to an activating group) is 1. The third kappa shape index (κ3) is 4.80. The average molecular weight is 367 g/mol. The second-order valence-corrected chi connectivity index (χ2v) is 6.65. The van der Waals surface area contributed by atoms with Crippen LogP contribution in [0.2, 0.25) is 5.02 Å². The molecule has 0 unspecified atom stereocenters. The van der Waals surface area contributed by atoms with Gasteiger partial charge in [-0.1, -0.05) is 23.7 Å². The van der Waals surface area contributed by atoms with Gasteiger partial charge in [-0.25, -0.2) is 4.39 Å². The molecule has 0 aliphatic rings. The Kier molecular flexibility index (Phi) is 6.56. The highest BCUT2D eigenvalue weighted by Crippen LogP contribution is 2.20. The highest BCUT2D eigenvalue weighted by molar-refractivity contribution is 6.31. The molecule has 0 radical (unpaired) electrons. The van der Waals surface area contributed by atoms with Crippen LogP contribution in [-0.2, 0) is 11.3 Å². The number of aromatic nitrogens is 2. The Hall–Kier alpha value is -1.92. The number of aryl methyl sites for hydroxylation is 2. The molecule has 2 rings (SSSR count). The van der Waals surface area contributed by atoms with Gasteiger partial charge in [-0.2, -0.15) is 5.10 Å². The van der Waals surface area contributed by atoms with E-state index in [-0.39, 0.29) is 11.7 Å². The number of amides is 1. The molecule has 5 nitrogen and oxygen atoms in total. The van der Waals surface area contributed by atoms with Crippen molar-refractivity contribution in [1.29, 1.82) is 0 Å². The van der Waals surface area contributed by atoms with Crippen molar-refractivity contribution in [3.05, 3.63) is 52.1 Å². The van der Waals surface area contributed by atoms with E-state index in [1.165, 1.54) is 12.1 Å². The molecule has 1 aromatic carbocycles. The van der Waals surface area contributed by atoms with Crippen LogP contribution in [0.4, 0.5) is 4.39 Å². The first-order chi connectivity index (χ1) is 11.8. The van der Waals surface area contributed by atoms with Crippen LogP contribution >= 0.6 is 11.6 Å². The number of halogens is 2. The minimum Gasteiger partial charge on any atom is -0.354 e. The van der Waals surface area contributed by atoms with Gasteiger partial charge in [0, 0.05) is 13.1 Å². The first-order valence-corrected chi connectivity index (χ1v) is 8.58. The Bertz CT molecular complexity index is 727. The lowest BCUT2D eigenvalue weighted by atomic mass is 10.1. The van der Waals surface area contributed by atoms with Crippen molar-refractivity contribution in [3.8, 4) is 0 Å². The van der Waals surface area contributed by atoms with E-state index < -0.39 is 6.04 Å². The zero-order valence-corrected chi connectivity index (χ0v) is 15.8. The van der Waals surface area contributed by atoms with Crippen molar-refractivity contribution in [2.24, 2.45) is 0 Å². The number of benzene rings is 1. The largest absolute Gasteiger partial charge is 0.354 e. The molecule has 0 saturated carbocycles. The third-order valence-electron chi connectivity index (χ3n) is 4.09. The normalized spacial score (nSPS) is 12.4. The van der Waals surface area contributed by atoms with Gasteiger partial charge < -0.3 is 5.32 Å². The summed E-state index contributed by atoms with van der Waals surface area (Å²) in [6.45, 7) is 5.01. The van der Waals surface area contributed by atoms with Crippen molar-refractivity contribution in [2.45, 2.75) is 32.9 Å². The summed E-state index contributed by atoms with van der Waals surface area (Å²) in [5, 5.41) is 8.00. The molecule has 0 saturated heterocycles. The summed E-state index contributed by atoms with van der Waals surface area (Å²) in [6, 6.07) is 5.55. The van der Waals surface area contributed by atoms with E-state index in [1.807, 2.05) is 37.5 Å². The molecular formula is C18H24ClFN4O. The number of hydrogen-bond donors (Lipinski definition) is 1. The fraction of sp³-hybridized carbons (Fsp3) is 0.444. The van der Waals surface area contributed by atoms with Crippen molar-refractivity contribution < 1.29 is 9.18 Å². The summed E-state index contributed by atoms with van der Waals surface area (Å²) in [6.07, 6.45) is 0.744. The Morgan fingerprint density at radius 3 is 2.48 bits per heavy atom. The lowest BCUT2D eigenvalue weighted by Gasteiger charge is -2.24. The third-order valence-corrected chi connectivity index (χ3v) is 4.64. The minimum absolute atomic E-state index is 0.108. The van der Waals surface area contributed by atoms with Crippen molar-refractivity contribution in [2.75, 3.05) is 20.6 Å². The summed E-state index contributed by atoms with van der Waals surface area (Å²) in [4.78, 5) is 14.3. The molecule has 25 heavy (non-hydrogen) atoms. The molecule has 1 N–H and O–H groups in total. The second kappa shape index (κ2) is 8.45. The first kappa shape index (κ1) is 19.4. The smallest absolute Gasteiger partial charge is 0.241 e.